The van der Waals surface area contributed by atoms with E-state index in [1.54, 1.807) is 32.2 Å². The van der Waals surface area contributed by atoms with E-state index in [1.165, 1.54) is 6.92 Å². The number of methoxy groups -OCH3 is 1. The number of ether oxygens (including phenoxy) is 5. The lowest BCUT2D eigenvalue weighted by Gasteiger charge is -2.59. The molecule has 0 radical (unpaired) electrons. The van der Waals surface area contributed by atoms with E-state index >= 15 is 0 Å². The van der Waals surface area contributed by atoms with Crippen molar-refractivity contribution in [3.63, 3.8) is 0 Å². The number of benzene rings is 1. The molecular weight excluding hydrogens is 560 g/mol. The van der Waals surface area contributed by atoms with Crippen LogP contribution in [-0.2, 0) is 38.2 Å². The lowest BCUT2D eigenvalue weighted by atomic mass is 9.66. The molecule has 11 nitrogen and oxygen atoms in total. The Balaban J connectivity index is 1.70. The number of hydrogen-bond acceptors (Lipinski definition) is 11. The number of aliphatic hydroxyl groups is 1. The fourth-order valence-corrected chi connectivity index (χ4v) is 6.78. The van der Waals surface area contributed by atoms with Crippen molar-refractivity contribution in [2.75, 3.05) is 7.11 Å². The first-order valence-electron chi connectivity index (χ1n) is 14.9. The van der Waals surface area contributed by atoms with E-state index in [0.717, 1.165) is 11.6 Å². The SMILES string of the molecule is CO[C@@H](CC[C@H](C)[C@H]1O[C@@]23C[C@H](OC(=O)C[C@H]([C@@H](C)O)OC(=O)/C=C(\O2)[C@@](C)(OO)CC3(C)C)[C@@H]1C)c1cccc(O)c1. The molecule has 0 aromatic heterocycles. The lowest BCUT2D eigenvalue weighted by molar-refractivity contribution is -0.403. The summed E-state index contributed by atoms with van der Waals surface area (Å²) in [5.41, 5.74) is -1.32. The Hall–Kier alpha value is -2.70. The maximum absolute atomic E-state index is 13.2. The van der Waals surface area contributed by atoms with Crippen molar-refractivity contribution in [1.82, 2.24) is 0 Å². The van der Waals surface area contributed by atoms with Gasteiger partial charge in [0.2, 0.25) is 5.79 Å². The van der Waals surface area contributed by atoms with Gasteiger partial charge in [0.1, 0.15) is 23.7 Å². The Labute approximate surface area is 253 Å². The molecule has 2 saturated heterocycles. The molecule has 3 aliphatic rings. The van der Waals surface area contributed by atoms with Crippen molar-refractivity contribution in [2.24, 2.45) is 17.3 Å². The molecule has 0 amide bonds. The number of phenolic OH excluding ortho intramolecular Hbond substituents is 1. The molecule has 0 unspecified atom stereocenters. The van der Waals surface area contributed by atoms with Gasteiger partial charge in [-0.2, -0.15) is 0 Å². The highest BCUT2D eigenvalue weighted by Gasteiger charge is 2.64. The summed E-state index contributed by atoms with van der Waals surface area (Å²) in [5.74, 6) is -2.93. The first-order chi connectivity index (χ1) is 20.1. The monoisotopic (exact) mass is 606 g/mol. The third kappa shape index (κ3) is 6.86. The van der Waals surface area contributed by atoms with Gasteiger partial charge in [-0.15, -0.1) is 0 Å². The molecule has 3 aliphatic heterocycles. The van der Waals surface area contributed by atoms with Crippen LogP contribution in [0.5, 0.6) is 5.75 Å². The van der Waals surface area contributed by atoms with Crippen LogP contribution in [-0.4, -0.2) is 70.3 Å². The van der Waals surface area contributed by atoms with Gasteiger partial charge in [-0.1, -0.05) is 39.8 Å². The molecule has 3 bridgehead atoms. The third-order valence-corrected chi connectivity index (χ3v) is 9.39. The van der Waals surface area contributed by atoms with Gasteiger partial charge in [0.05, 0.1) is 37.2 Å². The number of fused-ring (bicyclic) bond motifs is 2. The topological polar surface area (TPSA) is 150 Å². The normalized spacial score (nSPS) is 35.9. The zero-order valence-electron chi connectivity index (χ0n) is 26.1. The number of carbonyl (C=O) groups excluding carboxylic acids is 2. The Morgan fingerprint density at radius 2 is 1.84 bits per heavy atom. The molecule has 3 N–H and O–H groups in total. The summed E-state index contributed by atoms with van der Waals surface area (Å²) < 4.78 is 30.6. The Kier molecular flexibility index (Phi) is 9.83. The second kappa shape index (κ2) is 12.7. The number of hydrogen-bond donors (Lipinski definition) is 3. The van der Waals surface area contributed by atoms with Gasteiger partial charge in [-0.05, 0) is 56.7 Å². The van der Waals surface area contributed by atoms with Crippen LogP contribution in [0.4, 0.5) is 0 Å². The summed E-state index contributed by atoms with van der Waals surface area (Å²) in [6.07, 6.45) is -1.14. The zero-order valence-corrected chi connectivity index (χ0v) is 26.1. The summed E-state index contributed by atoms with van der Waals surface area (Å²) in [5, 5.41) is 30.1. The van der Waals surface area contributed by atoms with Crippen LogP contribution in [0, 0.1) is 17.3 Å². The Morgan fingerprint density at radius 1 is 1.12 bits per heavy atom. The number of phenols is 1. The fraction of sp³-hybridized carbons (Fsp3) is 0.688. The summed E-state index contributed by atoms with van der Waals surface area (Å²) in [7, 11) is 1.63. The zero-order chi connectivity index (χ0) is 31.7. The summed E-state index contributed by atoms with van der Waals surface area (Å²) in [6.45, 7) is 10.9. The van der Waals surface area contributed by atoms with Gasteiger partial charge in [0.25, 0.3) is 0 Å². The maximum atomic E-state index is 13.2. The quantitative estimate of drug-likeness (QED) is 0.213. The second-order valence-corrected chi connectivity index (χ2v) is 13.2. The number of cyclic esters (lactones) is 1. The smallest absolute Gasteiger partial charge is 0.334 e. The predicted octanol–water partition coefficient (Wildman–Crippen LogP) is 4.80. The van der Waals surface area contributed by atoms with E-state index < -0.39 is 53.2 Å². The molecule has 9 atom stereocenters. The van der Waals surface area contributed by atoms with E-state index in [0.29, 0.717) is 12.8 Å². The van der Waals surface area contributed by atoms with E-state index in [4.69, 9.17) is 28.6 Å². The average molecular weight is 607 g/mol. The van der Waals surface area contributed by atoms with Crippen LogP contribution < -0.4 is 0 Å². The van der Waals surface area contributed by atoms with Gasteiger partial charge in [-0.3, -0.25) is 10.1 Å². The maximum Gasteiger partial charge on any atom is 0.334 e. The van der Waals surface area contributed by atoms with Crippen LogP contribution in [0.2, 0.25) is 0 Å². The predicted molar refractivity (Wildman–Crippen MR) is 153 cm³/mol. The van der Waals surface area contributed by atoms with Crippen LogP contribution in [0.3, 0.4) is 0 Å². The summed E-state index contributed by atoms with van der Waals surface area (Å²) in [4.78, 5) is 31.0. The van der Waals surface area contributed by atoms with E-state index in [9.17, 15) is 25.1 Å². The molecule has 11 heteroatoms. The molecule has 240 valence electrons. The standard InChI is InChI=1S/C32H46O11/c1-18(11-12-23(38-7)21-9-8-10-22(34)13-21)29-19(2)25-16-32(42-29)30(4,5)17-31(6,43-37)26(41-32)15-28(36)39-24(20(3)33)14-27(35)40-25/h8-10,13,15,18-20,23-25,29,33-34,37H,11-12,14,16-17H2,1-7H3/b26-15-/t18-,19-,20+,23-,24+,25-,29+,31-,32+/m0/s1. The van der Waals surface area contributed by atoms with E-state index in [-0.39, 0.29) is 48.7 Å². The van der Waals surface area contributed by atoms with Crippen molar-refractivity contribution < 1.29 is 53.6 Å². The minimum Gasteiger partial charge on any atom is -0.508 e. The summed E-state index contributed by atoms with van der Waals surface area (Å²) in [6, 6.07) is 6.98. The number of esters is 2. The molecule has 4 rings (SSSR count). The van der Waals surface area contributed by atoms with Gasteiger partial charge in [0.15, 0.2) is 5.60 Å². The van der Waals surface area contributed by atoms with Crippen molar-refractivity contribution in [1.29, 1.82) is 0 Å². The van der Waals surface area contributed by atoms with Crippen LogP contribution >= 0.6 is 0 Å². The average Bonchev–Trinajstić information content (AvgIpc) is 2.92. The number of aliphatic hydroxyl groups excluding tert-OH is 1. The van der Waals surface area contributed by atoms with Gasteiger partial charge >= 0.3 is 11.9 Å². The molecule has 1 aromatic carbocycles. The van der Waals surface area contributed by atoms with Crippen molar-refractivity contribution in [3.8, 4) is 5.75 Å². The molecule has 1 spiro atoms. The lowest BCUT2D eigenvalue weighted by Crippen LogP contribution is -2.65. The molecular formula is C32H46O11. The highest BCUT2D eigenvalue weighted by Crippen LogP contribution is 2.57. The first kappa shape index (κ1) is 33.2. The Bertz CT molecular complexity index is 1200. The molecule has 3 heterocycles. The minimum atomic E-state index is -1.40. The van der Waals surface area contributed by atoms with Crippen LogP contribution in [0.15, 0.2) is 36.1 Å². The highest BCUT2D eigenvalue weighted by atomic mass is 17.1. The molecule has 1 aromatic rings. The van der Waals surface area contributed by atoms with Crippen LogP contribution in [0.1, 0.15) is 85.3 Å². The largest absolute Gasteiger partial charge is 0.508 e. The fourth-order valence-electron chi connectivity index (χ4n) is 6.78. The molecule has 0 aliphatic carbocycles. The van der Waals surface area contributed by atoms with Gasteiger partial charge < -0.3 is 33.9 Å². The van der Waals surface area contributed by atoms with Gasteiger partial charge in [0, 0.05) is 18.4 Å². The van der Waals surface area contributed by atoms with Crippen molar-refractivity contribution >= 4 is 11.9 Å². The molecule has 43 heavy (non-hydrogen) atoms. The summed E-state index contributed by atoms with van der Waals surface area (Å²) >= 11 is 0. The number of carbonyl (C=O) groups is 2. The number of rotatable bonds is 8. The van der Waals surface area contributed by atoms with Crippen LogP contribution in [0.25, 0.3) is 0 Å². The number of aromatic hydroxyl groups is 1. The van der Waals surface area contributed by atoms with Crippen molar-refractivity contribution in [3.05, 3.63) is 41.7 Å². The van der Waals surface area contributed by atoms with Crippen molar-refractivity contribution in [2.45, 2.75) is 116 Å². The third-order valence-electron chi connectivity index (χ3n) is 9.39. The Morgan fingerprint density at radius 3 is 2.47 bits per heavy atom. The van der Waals surface area contributed by atoms with E-state index in [2.05, 4.69) is 6.92 Å². The minimum absolute atomic E-state index is 0.0126. The van der Waals surface area contributed by atoms with Gasteiger partial charge in [-0.25, -0.2) is 9.68 Å². The first-order valence-corrected chi connectivity index (χ1v) is 14.9. The molecule has 0 saturated carbocycles. The second-order valence-electron chi connectivity index (χ2n) is 13.2. The van der Waals surface area contributed by atoms with E-state index in [1.807, 2.05) is 26.8 Å². The molecule has 2 fully saturated rings. The highest BCUT2D eigenvalue weighted by molar-refractivity contribution is 5.83.